The third-order valence-corrected chi connectivity index (χ3v) is 6.53. The van der Waals surface area contributed by atoms with E-state index in [0.29, 0.717) is 0 Å². The van der Waals surface area contributed by atoms with Crippen molar-refractivity contribution in [2.45, 2.75) is 0 Å². The zero-order valence-electron chi connectivity index (χ0n) is 13.7. The molecule has 0 unspecified atom stereocenters. The average Bonchev–Trinajstić information content (AvgIpc) is 2.69. The van der Waals surface area contributed by atoms with E-state index >= 15 is 0 Å². The van der Waals surface area contributed by atoms with Crippen molar-refractivity contribution < 1.29 is 4.79 Å². The van der Waals surface area contributed by atoms with Gasteiger partial charge in [0.25, 0.3) is 0 Å². The fourth-order valence-corrected chi connectivity index (χ4v) is 5.21. The average molecular weight is 340 g/mol. The summed E-state index contributed by atoms with van der Waals surface area (Å²) in [6, 6.07) is 34.3. The first-order chi connectivity index (χ1) is 12.3. The van der Waals surface area contributed by atoms with E-state index in [1.807, 2.05) is 66.7 Å². The van der Waals surface area contributed by atoms with Crippen molar-refractivity contribution in [1.29, 1.82) is 0 Å². The molecule has 0 spiro atoms. The predicted octanol–water partition coefficient (Wildman–Crippen LogP) is 5.11. The molecule has 4 aromatic carbocycles. The zero-order valence-corrected chi connectivity index (χ0v) is 14.6. The molecule has 0 N–H and O–H groups in total. The third-order valence-electron chi connectivity index (χ3n) is 4.25. The Hall–Kier alpha value is -2.76. The minimum Gasteiger partial charge on any atom is -0.288 e. The van der Waals surface area contributed by atoms with E-state index < -0.39 is 7.92 Å². The van der Waals surface area contributed by atoms with Crippen LogP contribution in [0.4, 0.5) is 0 Å². The van der Waals surface area contributed by atoms with Gasteiger partial charge in [0.05, 0.1) is 0 Å². The molecule has 120 valence electrons. The van der Waals surface area contributed by atoms with Crippen molar-refractivity contribution in [2.75, 3.05) is 0 Å². The lowest BCUT2D eigenvalue weighted by molar-refractivity contribution is 0.108. The summed E-state index contributed by atoms with van der Waals surface area (Å²) in [6.07, 6.45) is 0. The maximum Gasteiger partial charge on any atom is 0.193 e. The second kappa shape index (κ2) is 7.01. The van der Waals surface area contributed by atoms with Crippen molar-refractivity contribution in [3.05, 3.63) is 109 Å². The Bertz CT molecular complexity index is 965. The maximum atomic E-state index is 13.6. The van der Waals surface area contributed by atoms with Crippen LogP contribution >= 0.6 is 7.92 Å². The number of hydrogen-bond donors (Lipinski definition) is 0. The Labute approximate surface area is 148 Å². The Kier molecular flexibility index (Phi) is 4.41. The number of carbonyl (C=O) groups is 1. The number of carbonyl (C=O) groups excluding carboxylic acids is 1. The summed E-state index contributed by atoms with van der Waals surface area (Å²) < 4.78 is 0. The lowest BCUT2D eigenvalue weighted by Crippen LogP contribution is -2.18. The van der Waals surface area contributed by atoms with Gasteiger partial charge in [-0.2, -0.15) is 0 Å². The summed E-state index contributed by atoms with van der Waals surface area (Å²) in [5, 5.41) is 4.29. The van der Waals surface area contributed by atoms with Gasteiger partial charge in [-0.1, -0.05) is 103 Å². The molecule has 2 heteroatoms. The SMILES string of the molecule is O=C(c1cccc2ccccc12)P(c1ccccc1)c1ccccc1. The minimum absolute atomic E-state index is 0.198. The van der Waals surface area contributed by atoms with Crippen molar-refractivity contribution in [1.82, 2.24) is 0 Å². The van der Waals surface area contributed by atoms with Gasteiger partial charge in [-0.05, 0) is 21.4 Å². The molecule has 4 rings (SSSR count). The standard InChI is InChI=1S/C23H17OP/c24-23(22-17-9-11-18-10-7-8-16-21(18)22)25(19-12-3-1-4-13-19)20-14-5-2-6-15-20/h1-17H. The highest BCUT2D eigenvalue weighted by Crippen LogP contribution is 2.39. The van der Waals surface area contributed by atoms with E-state index in [0.717, 1.165) is 26.9 Å². The highest BCUT2D eigenvalue weighted by Gasteiger charge is 2.24. The minimum atomic E-state index is -1.10. The van der Waals surface area contributed by atoms with Gasteiger partial charge in [-0.25, -0.2) is 0 Å². The molecule has 25 heavy (non-hydrogen) atoms. The number of benzene rings is 4. The predicted molar refractivity (Wildman–Crippen MR) is 107 cm³/mol. The summed E-state index contributed by atoms with van der Waals surface area (Å²) in [5.74, 6) is 0. The van der Waals surface area contributed by atoms with Crippen LogP contribution in [0.5, 0.6) is 0 Å². The molecule has 0 radical (unpaired) electrons. The molecule has 0 fully saturated rings. The second-order valence-corrected chi connectivity index (χ2v) is 7.95. The van der Waals surface area contributed by atoms with Gasteiger partial charge in [0.2, 0.25) is 0 Å². The molecule has 0 amide bonds. The smallest absolute Gasteiger partial charge is 0.193 e. The van der Waals surface area contributed by atoms with Crippen molar-refractivity contribution in [2.24, 2.45) is 0 Å². The summed E-state index contributed by atoms with van der Waals surface area (Å²) in [5.41, 5.74) is 1.00. The van der Waals surface area contributed by atoms with E-state index in [4.69, 9.17) is 0 Å². The van der Waals surface area contributed by atoms with Crippen LogP contribution < -0.4 is 10.6 Å². The lowest BCUT2D eigenvalue weighted by atomic mass is 10.1. The first-order valence-electron chi connectivity index (χ1n) is 8.27. The number of fused-ring (bicyclic) bond motifs is 1. The molecule has 0 bridgehead atoms. The maximum absolute atomic E-state index is 13.6. The molecule has 0 heterocycles. The van der Waals surface area contributed by atoms with Crippen LogP contribution in [-0.2, 0) is 0 Å². The quantitative estimate of drug-likeness (QED) is 0.472. The van der Waals surface area contributed by atoms with Crippen LogP contribution in [-0.4, -0.2) is 5.52 Å². The molecule has 0 saturated carbocycles. The van der Waals surface area contributed by atoms with E-state index in [1.54, 1.807) is 0 Å². The van der Waals surface area contributed by atoms with Crippen molar-refractivity contribution >= 4 is 34.8 Å². The van der Waals surface area contributed by atoms with Gasteiger partial charge in [0, 0.05) is 13.5 Å². The molecule has 0 saturated heterocycles. The van der Waals surface area contributed by atoms with Crippen LogP contribution in [0.1, 0.15) is 10.4 Å². The van der Waals surface area contributed by atoms with Crippen LogP contribution in [0.15, 0.2) is 103 Å². The van der Waals surface area contributed by atoms with Crippen molar-refractivity contribution in [3.63, 3.8) is 0 Å². The summed E-state index contributed by atoms with van der Waals surface area (Å²) in [4.78, 5) is 13.6. The molecule has 1 nitrogen and oxygen atoms in total. The van der Waals surface area contributed by atoms with Gasteiger partial charge in [-0.3, -0.25) is 4.79 Å². The number of rotatable bonds is 4. The third kappa shape index (κ3) is 3.12. The monoisotopic (exact) mass is 340 g/mol. The Balaban J connectivity index is 1.89. The molecular formula is C23H17OP. The summed E-state index contributed by atoms with van der Waals surface area (Å²) in [7, 11) is -1.10. The van der Waals surface area contributed by atoms with Gasteiger partial charge < -0.3 is 0 Å². The van der Waals surface area contributed by atoms with E-state index in [-0.39, 0.29) is 5.52 Å². The topological polar surface area (TPSA) is 17.1 Å². The summed E-state index contributed by atoms with van der Waals surface area (Å²) >= 11 is 0. The molecule has 0 aliphatic rings. The Morgan fingerprint density at radius 1 is 0.560 bits per heavy atom. The van der Waals surface area contributed by atoms with Crippen LogP contribution in [0, 0.1) is 0 Å². The fourth-order valence-electron chi connectivity index (χ4n) is 3.07. The number of hydrogen-bond acceptors (Lipinski definition) is 1. The van der Waals surface area contributed by atoms with Gasteiger partial charge in [-0.15, -0.1) is 0 Å². The highest BCUT2D eigenvalue weighted by atomic mass is 31.1. The largest absolute Gasteiger partial charge is 0.288 e. The molecule has 0 aliphatic heterocycles. The Morgan fingerprint density at radius 3 is 1.72 bits per heavy atom. The molecule has 0 aliphatic carbocycles. The van der Waals surface area contributed by atoms with Gasteiger partial charge >= 0.3 is 0 Å². The van der Waals surface area contributed by atoms with E-state index in [2.05, 4.69) is 36.4 Å². The van der Waals surface area contributed by atoms with Crippen LogP contribution in [0.2, 0.25) is 0 Å². The first kappa shape index (κ1) is 15.7. The van der Waals surface area contributed by atoms with Crippen LogP contribution in [0.25, 0.3) is 10.8 Å². The van der Waals surface area contributed by atoms with Crippen LogP contribution in [0.3, 0.4) is 0 Å². The van der Waals surface area contributed by atoms with Gasteiger partial charge in [0.15, 0.2) is 5.52 Å². The van der Waals surface area contributed by atoms with E-state index in [9.17, 15) is 4.79 Å². The molecule has 0 aromatic heterocycles. The van der Waals surface area contributed by atoms with Crippen molar-refractivity contribution in [3.8, 4) is 0 Å². The van der Waals surface area contributed by atoms with E-state index in [1.165, 1.54) is 0 Å². The lowest BCUT2D eigenvalue weighted by Gasteiger charge is -2.18. The first-order valence-corrected chi connectivity index (χ1v) is 9.61. The fraction of sp³-hybridized carbons (Fsp3) is 0. The summed E-state index contributed by atoms with van der Waals surface area (Å²) in [6.45, 7) is 0. The molecule has 4 aromatic rings. The Morgan fingerprint density at radius 2 is 1.08 bits per heavy atom. The van der Waals surface area contributed by atoms with Gasteiger partial charge in [0.1, 0.15) is 0 Å². The molecular weight excluding hydrogens is 323 g/mol. The zero-order chi connectivity index (χ0) is 17.1. The second-order valence-electron chi connectivity index (χ2n) is 5.84. The molecule has 0 atom stereocenters. The highest BCUT2D eigenvalue weighted by molar-refractivity contribution is 7.88. The normalized spacial score (nSPS) is 10.9.